The second-order valence-electron chi connectivity index (χ2n) is 3.35. The van der Waals surface area contributed by atoms with Crippen LogP contribution in [-0.4, -0.2) is 10.6 Å². The Morgan fingerprint density at radius 2 is 2.35 bits per heavy atom. The molecular weight excluding hydrogens is 258 g/mol. The van der Waals surface area contributed by atoms with Crippen LogP contribution in [0, 0.1) is 0 Å². The molecule has 0 saturated carbocycles. The number of carbonyl (C=O) groups excluding carboxylic acids is 1. The maximum atomic E-state index is 11.6. The van der Waals surface area contributed by atoms with Gasteiger partial charge in [-0.25, -0.2) is 4.79 Å². The molecular formula is C11H10ClN3OS. The van der Waals surface area contributed by atoms with Crippen molar-refractivity contribution in [3.63, 3.8) is 0 Å². The van der Waals surface area contributed by atoms with E-state index in [2.05, 4.69) is 10.3 Å². The summed E-state index contributed by atoms with van der Waals surface area (Å²) >= 11 is 7.21. The highest BCUT2D eigenvalue weighted by Gasteiger charge is 2.00. The molecule has 0 atom stereocenters. The van der Waals surface area contributed by atoms with E-state index < -0.39 is 6.03 Å². The van der Waals surface area contributed by atoms with Gasteiger partial charge in [-0.05, 0) is 18.2 Å². The SMILES string of the molecule is Cn1ccs/c1=N\C(=O)Nc1cccc(Cl)c1. The van der Waals surface area contributed by atoms with Crippen molar-refractivity contribution in [2.24, 2.45) is 12.0 Å². The molecule has 0 unspecified atom stereocenters. The van der Waals surface area contributed by atoms with E-state index in [1.54, 1.807) is 28.8 Å². The summed E-state index contributed by atoms with van der Waals surface area (Å²) in [5.74, 6) is 0. The minimum absolute atomic E-state index is 0.412. The second kappa shape index (κ2) is 5.16. The normalized spacial score (nSPS) is 11.5. The highest BCUT2D eigenvalue weighted by atomic mass is 35.5. The third-order valence-electron chi connectivity index (χ3n) is 2.03. The largest absolute Gasteiger partial charge is 0.348 e. The van der Waals surface area contributed by atoms with Gasteiger partial charge in [-0.3, -0.25) is 0 Å². The van der Waals surface area contributed by atoms with Crippen LogP contribution in [0.15, 0.2) is 40.8 Å². The zero-order valence-electron chi connectivity index (χ0n) is 9.05. The molecule has 1 aromatic carbocycles. The number of carbonyl (C=O) groups is 1. The Morgan fingerprint density at radius 3 is 3.00 bits per heavy atom. The first-order valence-electron chi connectivity index (χ1n) is 4.86. The van der Waals surface area contributed by atoms with Crippen LogP contribution in [0.5, 0.6) is 0 Å². The lowest BCUT2D eigenvalue weighted by atomic mass is 10.3. The number of benzene rings is 1. The topological polar surface area (TPSA) is 46.4 Å². The Morgan fingerprint density at radius 1 is 1.53 bits per heavy atom. The molecule has 4 nitrogen and oxygen atoms in total. The molecule has 0 fully saturated rings. The van der Waals surface area contributed by atoms with Crippen molar-refractivity contribution in [2.75, 3.05) is 5.32 Å². The van der Waals surface area contributed by atoms with Crippen LogP contribution in [0.2, 0.25) is 5.02 Å². The van der Waals surface area contributed by atoms with Crippen LogP contribution in [-0.2, 0) is 7.05 Å². The molecule has 1 N–H and O–H groups in total. The Labute approximate surface area is 107 Å². The number of aromatic nitrogens is 1. The molecule has 6 heteroatoms. The zero-order valence-corrected chi connectivity index (χ0v) is 10.6. The molecule has 88 valence electrons. The number of nitrogens with zero attached hydrogens (tertiary/aromatic N) is 2. The number of amides is 2. The van der Waals surface area contributed by atoms with Gasteiger partial charge < -0.3 is 9.88 Å². The van der Waals surface area contributed by atoms with Crippen molar-refractivity contribution < 1.29 is 4.79 Å². The summed E-state index contributed by atoms with van der Waals surface area (Å²) in [6.07, 6.45) is 1.84. The number of hydrogen-bond donors (Lipinski definition) is 1. The van der Waals surface area contributed by atoms with Gasteiger partial charge in [-0.15, -0.1) is 11.3 Å². The first-order valence-corrected chi connectivity index (χ1v) is 6.12. The zero-order chi connectivity index (χ0) is 12.3. The molecule has 2 aromatic rings. The van der Waals surface area contributed by atoms with E-state index in [-0.39, 0.29) is 0 Å². The summed E-state index contributed by atoms with van der Waals surface area (Å²) < 4.78 is 1.78. The summed E-state index contributed by atoms with van der Waals surface area (Å²) in [4.78, 5) is 16.2. The fourth-order valence-corrected chi connectivity index (χ4v) is 2.16. The number of nitrogens with one attached hydrogen (secondary N) is 1. The minimum Gasteiger partial charge on any atom is -0.327 e. The van der Waals surface area contributed by atoms with Crippen LogP contribution in [0.4, 0.5) is 10.5 Å². The van der Waals surface area contributed by atoms with Gasteiger partial charge in [0, 0.05) is 29.3 Å². The summed E-state index contributed by atoms with van der Waals surface area (Å²) in [6, 6.07) is 6.53. The summed E-state index contributed by atoms with van der Waals surface area (Å²) in [5.41, 5.74) is 0.630. The third-order valence-corrected chi connectivity index (χ3v) is 3.12. The fraction of sp³-hybridized carbons (Fsp3) is 0.0909. The van der Waals surface area contributed by atoms with Crippen LogP contribution in [0.3, 0.4) is 0 Å². The highest BCUT2D eigenvalue weighted by Crippen LogP contribution is 2.14. The molecule has 2 amide bonds. The number of anilines is 1. The summed E-state index contributed by atoms with van der Waals surface area (Å²) in [5, 5.41) is 5.09. The Balaban J connectivity index is 2.16. The Bertz CT molecular complexity index is 603. The molecule has 0 aliphatic heterocycles. The van der Waals surface area contributed by atoms with E-state index in [9.17, 15) is 4.79 Å². The molecule has 0 saturated heterocycles. The van der Waals surface area contributed by atoms with Gasteiger partial charge in [0.15, 0.2) is 4.80 Å². The number of hydrogen-bond acceptors (Lipinski definition) is 2. The lowest BCUT2D eigenvalue weighted by Gasteiger charge is -2.00. The van der Waals surface area contributed by atoms with Crippen molar-refractivity contribution in [2.45, 2.75) is 0 Å². The number of thiazole rings is 1. The maximum Gasteiger partial charge on any atom is 0.348 e. The van der Waals surface area contributed by atoms with E-state index in [1.807, 2.05) is 18.6 Å². The van der Waals surface area contributed by atoms with Crippen molar-refractivity contribution in [1.29, 1.82) is 0 Å². The first-order chi connectivity index (χ1) is 8.15. The Hall–Kier alpha value is -1.59. The first kappa shape index (κ1) is 11.9. The molecule has 0 radical (unpaired) electrons. The number of aryl methyl sites for hydroxylation is 1. The van der Waals surface area contributed by atoms with Gasteiger partial charge in [-0.1, -0.05) is 17.7 Å². The van der Waals surface area contributed by atoms with Gasteiger partial charge in [0.05, 0.1) is 0 Å². The van der Waals surface area contributed by atoms with E-state index in [1.165, 1.54) is 11.3 Å². The average molecular weight is 268 g/mol. The maximum absolute atomic E-state index is 11.6. The summed E-state index contributed by atoms with van der Waals surface area (Å²) in [7, 11) is 1.84. The molecule has 2 rings (SSSR count). The van der Waals surface area contributed by atoms with E-state index in [0.29, 0.717) is 15.5 Å². The molecule has 1 heterocycles. The lowest BCUT2D eigenvalue weighted by Crippen LogP contribution is -2.16. The second-order valence-corrected chi connectivity index (χ2v) is 4.66. The van der Waals surface area contributed by atoms with Crippen LogP contribution in [0.1, 0.15) is 0 Å². The molecule has 0 aliphatic carbocycles. The van der Waals surface area contributed by atoms with Gasteiger partial charge in [0.25, 0.3) is 0 Å². The standard InChI is InChI=1S/C11H10ClN3OS/c1-15-5-6-17-11(15)14-10(16)13-9-4-2-3-8(12)7-9/h2-7H,1H3,(H,13,16)/b14-11-. The number of urea groups is 1. The average Bonchev–Trinajstić information content (AvgIpc) is 2.64. The quantitative estimate of drug-likeness (QED) is 0.848. The van der Waals surface area contributed by atoms with E-state index in [0.717, 1.165) is 0 Å². The van der Waals surface area contributed by atoms with Crippen LogP contribution < -0.4 is 10.1 Å². The lowest BCUT2D eigenvalue weighted by molar-refractivity contribution is 0.259. The predicted octanol–water partition coefficient (Wildman–Crippen LogP) is 2.87. The van der Waals surface area contributed by atoms with Crippen LogP contribution in [0.25, 0.3) is 0 Å². The van der Waals surface area contributed by atoms with Crippen molar-refractivity contribution in [1.82, 2.24) is 4.57 Å². The minimum atomic E-state index is -0.412. The van der Waals surface area contributed by atoms with Gasteiger partial charge in [-0.2, -0.15) is 4.99 Å². The van der Waals surface area contributed by atoms with Crippen molar-refractivity contribution in [3.8, 4) is 0 Å². The van der Waals surface area contributed by atoms with Gasteiger partial charge in [0.2, 0.25) is 0 Å². The molecule has 17 heavy (non-hydrogen) atoms. The number of halogens is 1. The fourth-order valence-electron chi connectivity index (χ4n) is 1.24. The van der Waals surface area contributed by atoms with Gasteiger partial charge in [0.1, 0.15) is 0 Å². The van der Waals surface area contributed by atoms with Gasteiger partial charge >= 0.3 is 6.03 Å². The molecule has 0 aliphatic rings. The van der Waals surface area contributed by atoms with Crippen LogP contribution >= 0.6 is 22.9 Å². The smallest absolute Gasteiger partial charge is 0.327 e. The van der Waals surface area contributed by atoms with E-state index in [4.69, 9.17) is 11.6 Å². The predicted molar refractivity (Wildman–Crippen MR) is 69.3 cm³/mol. The molecule has 0 spiro atoms. The highest BCUT2D eigenvalue weighted by molar-refractivity contribution is 7.07. The Kier molecular flexibility index (Phi) is 3.61. The number of rotatable bonds is 1. The van der Waals surface area contributed by atoms with Crippen molar-refractivity contribution >= 4 is 34.7 Å². The van der Waals surface area contributed by atoms with Crippen molar-refractivity contribution in [3.05, 3.63) is 45.7 Å². The molecule has 0 bridgehead atoms. The molecule has 1 aromatic heterocycles. The third kappa shape index (κ3) is 3.18. The van der Waals surface area contributed by atoms with E-state index >= 15 is 0 Å². The monoisotopic (exact) mass is 267 g/mol. The summed E-state index contributed by atoms with van der Waals surface area (Å²) in [6.45, 7) is 0.